The Bertz CT molecular complexity index is 344. The smallest absolute Gasteiger partial charge is 0.320 e. The van der Waals surface area contributed by atoms with Gasteiger partial charge in [-0.1, -0.05) is 17.7 Å². The fourth-order valence-electron chi connectivity index (χ4n) is 1.09. The molecule has 0 spiro atoms. The quantitative estimate of drug-likeness (QED) is 0.715. The van der Waals surface area contributed by atoms with E-state index in [1.54, 1.807) is 12.1 Å². The molecule has 1 aromatic rings. The summed E-state index contributed by atoms with van der Waals surface area (Å²) < 4.78 is 0. The van der Waals surface area contributed by atoms with Crippen LogP contribution in [0.1, 0.15) is 6.42 Å². The van der Waals surface area contributed by atoms with Gasteiger partial charge in [0, 0.05) is 17.3 Å². The van der Waals surface area contributed by atoms with Crippen molar-refractivity contribution in [1.29, 1.82) is 0 Å². The second-order valence-corrected chi connectivity index (χ2v) is 3.61. The van der Waals surface area contributed by atoms with Gasteiger partial charge in [0.15, 0.2) is 0 Å². The maximum absolute atomic E-state index is 10.4. The van der Waals surface area contributed by atoms with Gasteiger partial charge in [0.25, 0.3) is 0 Å². The predicted octanol–water partition coefficient (Wildman–Crippen LogP) is 1.55. The maximum atomic E-state index is 10.4. The van der Waals surface area contributed by atoms with E-state index < -0.39 is 12.0 Å². The first-order valence-corrected chi connectivity index (χ1v) is 4.95. The van der Waals surface area contributed by atoms with E-state index >= 15 is 0 Å². The van der Waals surface area contributed by atoms with Crippen LogP contribution in [-0.2, 0) is 4.79 Å². The van der Waals surface area contributed by atoms with Gasteiger partial charge in [0.05, 0.1) is 0 Å². The highest BCUT2D eigenvalue weighted by molar-refractivity contribution is 6.30. The summed E-state index contributed by atoms with van der Waals surface area (Å²) in [5.74, 6) is -0.983. The van der Waals surface area contributed by atoms with E-state index in [0.29, 0.717) is 18.0 Å². The Hall–Kier alpha value is -1.26. The molecule has 0 bridgehead atoms. The first kappa shape index (κ1) is 11.8. The summed E-state index contributed by atoms with van der Waals surface area (Å²) in [5, 5.41) is 12.2. The molecule has 1 atom stereocenters. The topological polar surface area (TPSA) is 75.3 Å². The van der Waals surface area contributed by atoms with Crippen molar-refractivity contribution in [3.8, 4) is 0 Å². The molecule has 15 heavy (non-hydrogen) atoms. The molecule has 0 aliphatic carbocycles. The Morgan fingerprint density at radius 1 is 1.60 bits per heavy atom. The van der Waals surface area contributed by atoms with Crippen LogP contribution in [0.4, 0.5) is 5.69 Å². The fraction of sp³-hybridized carbons (Fsp3) is 0.300. The summed E-state index contributed by atoms with van der Waals surface area (Å²) in [6.45, 7) is 0.508. The van der Waals surface area contributed by atoms with Crippen molar-refractivity contribution in [2.24, 2.45) is 5.73 Å². The van der Waals surface area contributed by atoms with Crippen molar-refractivity contribution < 1.29 is 9.90 Å². The predicted molar refractivity (Wildman–Crippen MR) is 60.2 cm³/mol. The number of carboxylic acids is 1. The molecule has 0 saturated carbocycles. The van der Waals surface area contributed by atoms with Crippen molar-refractivity contribution in [2.45, 2.75) is 12.5 Å². The Balaban J connectivity index is 2.35. The zero-order valence-corrected chi connectivity index (χ0v) is 8.87. The Morgan fingerprint density at radius 2 is 2.33 bits per heavy atom. The Morgan fingerprint density at radius 3 is 2.93 bits per heavy atom. The Kier molecular flexibility index (Phi) is 4.39. The van der Waals surface area contributed by atoms with Crippen LogP contribution in [0.5, 0.6) is 0 Å². The van der Waals surface area contributed by atoms with Crippen LogP contribution in [0.25, 0.3) is 0 Å². The lowest BCUT2D eigenvalue weighted by Crippen LogP contribution is -2.32. The Labute approximate surface area is 93.0 Å². The number of hydrogen-bond donors (Lipinski definition) is 3. The van der Waals surface area contributed by atoms with Crippen LogP contribution >= 0.6 is 11.6 Å². The number of carboxylic acid groups (broad SMARTS) is 1. The second kappa shape index (κ2) is 5.58. The average molecular weight is 229 g/mol. The van der Waals surface area contributed by atoms with Crippen LogP contribution in [0, 0.1) is 0 Å². The third-order valence-corrected chi connectivity index (χ3v) is 2.16. The third-order valence-electron chi connectivity index (χ3n) is 1.93. The van der Waals surface area contributed by atoms with Gasteiger partial charge in [-0.25, -0.2) is 0 Å². The van der Waals surface area contributed by atoms with Gasteiger partial charge in [0.2, 0.25) is 0 Å². The molecule has 1 aromatic carbocycles. The summed E-state index contributed by atoms with van der Waals surface area (Å²) in [7, 11) is 0. The molecule has 0 heterocycles. The van der Waals surface area contributed by atoms with E-state index in [1.807, 2.05) is 12.1 Å². The molecule has 4 nitrogen and oxygen atoms in total. The normalized spacial score (nSPS) is 12.1. The number of aliphatic carboxylic acids is 1. The van der Waals surface area contributed by atoms with Crippen molar-refractivity contribution in [3.63, 3.8) is 0 Å². The molecule has 0 aliphatic heterocycles. The van der Waals surface area contributed by atoms with Crippen molar-refractivity contribution >= 4 is 23.3 Å². The molecule has 0 radical (unpaired) electrons. The highest BCUT2D eigenvalue weighted by Gasteiger charge is 2.09. The van der Waals surface area contributed by atoms with E-state index in [-0.39, 0.29) is 0 Å². The summed E-state index contributed by atoms with van der Waals surface area (Å²) in [6, 6.07) is 6.40. The zero-order valence-electron chi connectivity index (χ0n) is 8.11. The molecular weight excluding hydrogens is 216 g/mol. The number of nitrogens with one attached hydrogen (secondary N) is 1. The number of carbonyl (C=O) groups is 1. The van der Waals surface area contributed by atoms with Crippen LogP contribution in [-0.4, -0.2) is 23.7 Å². The van der Waals surface area contributed by atoms with Crippen molar-refractivity contribution in [3.05, 3.63) is 29.3 Å². The minimum Gasteiger partial charge on any atom is -0.480 e. The summed E-state index contributed by atoms with van der Waals surface area (Å²) >= 11 is 5.78. The molecule has 1 unspecified atom stereocenters. The number of rotatable bonds is 5. The zero-order chi connectivity index (χ0) is 11.3. The van der Waals surface area contributed by atoms with Gasteiger partial charge in [-0.15, -0.1) is 0 Å². The molecule has 0 fully saturated rings. The van der Waals surface area contributed by atoms with Crippen molar-refractivity contribution in [2.75, 3.05) is 11.9 Å². The number of anilines is 1. The van der Waals surface area contributed by atoms with Gasteiger partial charge < -0.3 is 16.2 Å². The van der Waals surface area contributed by atoms with Crippen molar-refractivity contribution in [1.82, 2.24) is 0 Å². The number of halogens is 1. The molecule has 0 saturated heterocycles. The SMILES string of the molecule is NC(CCNc1cccc(Cl)c1)C(=O)O. The molecule has 82 valence electrons. The van der Waals surface area contributed by atoms with Crippen LogP contribution in [0.15, 0.2) is 24.3 Å². The molecule has 0 aliphatic rings. The molecule has 1 rings (SSSR count). The van der Waals surface area contributed by atoms with Gasteiger partial charge in [-0.05, 0) is 24.6 Å². The van der Waals surface area contributed by atoms with Crippen LogP contribution in [0.3, 0.4) is 0 Å². The molecule has 5 heteroatoms. The fourth-order valence-corrected chi connectivity index (χ4v) is 1.28. The van der Waals surface area contributed by atoms with E-state index in [2.05, 4.69) is 5.32 Å². The van der Waals surface area contributed by atoms with Crippen LogP contribution in [0.2, 0.25) is 5.02 Å². The molecule has 0 aromatic heterocycles. The van der Waals surface area contributed by atoms with Gasteiger partial charge >= 0.3 is 5.97 Å². The number of hydrogen-bond acceptors (Lipinski definition) is 3. The lowest BCUT2D eigenvalue weighted by molar-refractivity contribution is -0.138. The number of benzene rings is 1. The second-order valence-electron chi connectivity index (χ2n) is 3.17. The third kappa shape index (κ3) is 4.18. The summed E-state index contributed by atoms with van der Waals surface area (Å²) in [4.78, 5) is 10.4. The average Bonchev–Trinajstić information content (AvgIpc) is 2.17. The monoisotopic (exact) mass is 228 g/mol. The largest absolute Gasteiger partial charge is 0.480 e. The molecule has 4 N–H and O–H groups in total. The first-order valence-electron chi connectivity index (χ1n) is 4.57. The maximum Gasteiger partial charge on any atom is 0.320 e. The van der Waals surface area contributed by atoms with Crippen LogP contribution < -0.4 is 11.1 Å². The molecular formula is C10H13ClN2O2. The van der Waals surface area contributed by atoms with E-state index in [0.717, 1.165) is 5.69 Å². The van der Waals surface area contributed by atoms with Gasteiger partial charge in [-0.2, -0.15) is 0 Å². The lowest BCUT2D eigenvalue weighted by atomic mass is 10.2. The lowest BCUT2D eigenvalue weighted by Gasteiger charge is -2.08. The van der Waals surface area contributed by atoms with E-state index in [9.17, 15) is 4.79 Å². The molecule has 0 amide bonds. The highest BCUT2D eigenvalue weighted by atomic mass is 35.5. The first-order chi connectivity index (χ1) is 7.09. The van der Waals surface area contributed by atoms with Gasteiger partial charge in [0.1, 0.15) is 6.04 Å². The minimum absolute atomic E-state index is 0.377. The minimum atomic E-state index is -0.983. The van der Waals surface area contributed by atoms with E-state index in [4.69, 9.17) is 22.4 Å². The summed E-state index contributed by atoms with van der Waals surface area (Å²) in [5.41, 5.74) is 6.21. The highest BCUT2D eigenvalue weighted by Crippen LogP contribution is 2.14. The standard InChI is InChI=1S/C10H13ClN2O2/c11-7-2-1-3-8(6-7)13-5-4-9(12)10(14)15/h1-3,6,9,13H,4-5,12H2,(H,14,15). The van der Waals surface area contributed by atoms with E-state index in [1.165, 1.54) is 0 Å². The summed E-state index contributed by atoms with van der Waals surface area (Å²) in [6.07, 6.45) is 0.377. The number of nitrogens with two attached hydrogens (primary N) is 1. The van der Waals surface area contributed by atoms with Gasteiger partial charge in [-0.3, -0.25) is 4.79 Å².